The van der Waals surface area contributed by atoms with Crippen molar-refractivity contribution in [1.82, 2.24) is 15.3 Å². The van der Waals surface area contributed by atoms with E-state index in [0.29, 0.717) is 29.6 Å². The Morgan fingerprint density at radius 3 is 2.71 bits per heavy atom. The fourth-order valence-corrected chi connectivity index (χ4v) is 2.88. The van der Waals surface area contributed by atoms with Crippen LogP contribution >= 0.6 is 11.6 Å². The van der Waals surface area contributed by atoms with Gasteiger partial charge in [0.15, 0.2) is 0 Å². The van der Waals surface area contributed by atoms with Crippen LogP contribution in [0.15, 0.2) is 54.9 Å². The van der Waals surface area contributed by atoms with Crippen molar-refractivity contribution < 1.29 is 9.53 Å². The third kappa shape index (κ3) is 5.20. The molecule has 3 aromatic rings. The predicted octanol–water partition coefficient (Wildman–Crippen LogP) is 4.16. The van der Waals surface area contributed by atoms with Crippen LogP contribution in [0.4, 0.5) is 11.5 Å². The topological polar surface area (TPSA) is 76.1 Å². The largest absolute Gasteiger partial charge is 0.495 e. The second-order valence-electron chi connectivity index (χ2n) is 6.25. The number of carbonyl (C=O) groups is 1. The van der Waals surface area contributed by atoms with E-state index in [-0.39, 0.29) is 11.6 Å². The van der Waals surface area contributed by atoms with Gasteiger partial charge in [-0.15, -0.1) is 0 Å². The summed E-state index contributed by atoms with van der Waals surface area (Å²) in [6, 6.07) is 13.4. The zero-order valence-corrected chi connectivity index (χ0v) is 16.5. The van der Waals surface area contributed by atoms with Crippen molar-refractivity contribution in [3.05, 3.63) is 76.7 Å². The number of hydrogen-bond acceptors (Lipinski definition) is 5. The standard InChI is InChI=1S/C21H21ClN4O2/c1-14-6-7-19(28-2)17(10-14)26-20-13-24-18(12-25-20)21(27)23-9-8-15-4-3-5-16(22)11-15/h3-7,10-13H,8-9H2,1-2H3,(H,23,27)(H,25,26). The number of aryl methyl sites for hydroxylation is 1. The normalized spacial score (nSPS) is 10.4. The molecule has 28 heavy (non-hydrogen) atoms. The second-order valence-corrected chi connectivity index (χ2v) is 6.69. The lowest BCUT2D eigenvalue weighted by Gasteiger charge is -2.11. The monoisotopic (exact) mass is 396 g/mol. The summed E-state index contributed by atoms with van der Waals surface area (Å²) in [7, 11) is 1.61. The number of rotatable bonds is 7. The molecule has 0 unspecified atom stereocenters. The van der Waals surface area contributed by atoms with Crippen molar-refractivity contribution in [2.24, 2.45) is 0 Å². The maximum Gasteiger partial charge on any atom is 0.271 e. The van der Waals surface area contributed by atoms with Gasteiger partial charge in [-0.25, -0.2) is 9.97 Å². The van der Waals surface area contributed by atoms with Gasteiger partial charge in [0.25, 0.3) is 5.91 Å². The summed E-state index contributed by atoms with van der Waals surface area (Å²) < 4.78 is 5.34. The van der Waals surface area contributed by atoms with E-state index in [9.17, 15) is 4.79 Å². The van der Waals surface area contributed by atoms with Crippen LogP contribution < -0.4 is 15.4 Å². The van der Waals surface area contributed by atoms with Crippen LogP contribution in [0.1, 0.15) is 21.6 Å². The zero-order chi connectivity index (χ0) is 19.9. The van der Waals surface area contributed by atoms with Crippen molar-refractivity contribution in [2.45, 2.75) is 13.3 Å². The smallest absolute Gasteiger partial charge is 0.271 e. The van der Waals surface area contributed by atoms with Crippen molar-refractivity contribution in [3.8, 4) is 5.75 Å². The zero-order valence-electron chi connectivity index (χ0n) is 15.7. The molecule has 1 amide bonds. The molecule has 0 saturated heterocycles. The van der Waals surface area contributed by atoms with E-state index in [2.05, 4.69) is 20.6 Å². The first kappa shape index (κ1) is 19.6. The molecule has 1 heterocycles. The summed E-state index contributed by atoms with van der Waals surface area (Å²) in [5, 5.41) is 6.68. The molecular formula is C21H21ClN4O2. The Kier molecular flexibility index (Phi) is 6.45. The van der Waals surface area contributed by atoms with Gasteiger partial charge in [-0.1, -0.05) is 29.8 Å². The highest BCUT2D eigenvalue weighted by Crippen LogP contribution is 2.27. The Morgan fingerprint density at radius 1 is 1.14 bits per heavy atom. The summed E-state index contributed by atoms with van der Waals surface area (Å²) in [5.41, 5.74) is 3.20. The number of carbonyl (C=O) groups excluding carboxylic acids is 1. The predicted molar refractivity (Wildman–Crippen MR) is 111 cm³/mol. The van der Waals surface area contributed by atoms with E-state index in [1.807, 2.05) is 49.4 Å². The molecule has 0 aliphatic heterocycles. The quantitative estimate of drug-likeness (QED) is 0.627. The molecule has 144 valence electrons. The maximum atomic E-state index is 12.2. The second kappa shape index (κ2) is 9.19. The molecule has 0 atom stereocenters. The van der Waals surface area contributed by atoms with Gasteiger partial charge in [0.1, 0.15) is 17.3 Å². The third-order valence-corrected chi connectivity index (χ3v) is 4.33. The first-order valence-electron chi connectivity index (χ1n) is 8.81. The lowest BCUT2D eigenvalue weighted by molar-refractivity contribution is 0.0949. The van der Waals surface area contributed by atoms with Gasteiger partial charge in [0.05, 0.1) is 25.2 Å². The SMILES string of the molecule is COc1ccc(C)cc1Nc1cnc(C(=O)NCCc2cccc(Cl)c2)cn1. The average Bonchev–Trinajstić information content (AvgIpc) is 2.69. The molecule has 0 aliphatic rings. The van der Waals surface area contributed by atoms with Crippen molar-refractivity contribution in [2.75, 3.05) is 19.0 Å². The number of ether oxygens (including phenoxy) is 1. The van der Waals surface area contributed by atoms with Gasteiger partial charge in [-0.05, 0) is 48.7 Å². The van der Waals surface area contributed by atoms with Crippen molar-refractivity contribution >= 4 is 29.0 Å². The molecule has 3 rings (SSSR count). The van der Waals surface area contributed by atoms with Gasteiger partial charge in [0.2, 0.25) is 0 Å². The summed E-state index contributed by atoms with van der Waals surface area (Å²) in [5.74, 6) is 0.962. The molecule has 2 N–H and O–H groups in total. The van der Waals surface area contributed by atoms with Crippen LogP contribution in [0.3, 0.4) is 0 Å². The number of halogens is 1. The average molecular weight is 397 g/mol. The maximum absolute atomic E-state index is 12.2. The molecule has 0 spiro atoms. The molecule has 1 aromatic heterocycles. The number of amides is 1. The van der Waals surface area contributed by atoms with Gasteiger partial charge >= 0.3 is 0 Å². The van der Waals surface area contributed by atoms with Gasteiger partial charge < -0.3 is 15.4 Å². The fraction of sp³-hybridized carbons (Fsp3) is 0.190. The molecule has 6 nitrogen and oxygen atoms in total. The highest BCUT2D eigenvalue weighted by atomic mass is 35.5. The number of methoxy groups -OCH3 is 1. The lowest BCUT2D eigenvalue weighted by atomic mass is 10.1. The molecular weight excluding hydrogens is 376 g/mol. The lowest BCUT2D eigenvalue weighted by Crippen LogP contribution is -2.26. The first-order chi connectivity index (χ1) is 13.5. The Labute approximate surface area is 168 Å². The van der Waals surface area contributed by atoms with E-state index >= 15 is 0 Å². The molecule has 0 bridgehead atoms. The molecule has 0 radical (unpaired) electrons. The summed E-state index contributed by atoms with van der Waals surface area (Å²) in [6.45, 7) is 2.48. The summed E-state index contributed by atoms with van der Waals surface area (Å²) in [6.07, 6.45) is 3.65. The Bertz CT molecular complexity index is 961. The van der Waals surface area contributed by atoms with Gasteiger partial charge in [0, 0.05) is 11.6 Å². The summed E-state index contributed by atoms with van der Waals surface area (Å²) in [4.78, 5) is 20.7. The van der Waals surface area contributed by atoms with Crippen LogP contribution in [-0.2, 0) is 6.42 Å². The van der Waals surface area contributed by atoms with Crippen LogP contribution in [0.5, 0.6) is 5.75 Å². The van der Waals surface area contributed by atoms with Crippen molar-refractivity contribution in [3.63, 3.8) is 0 Å². The first-order valence-corrected chi connectivity index (χ1v) is 9.19. The number of hydrogen-bond donors (Lipinski definition) is 2. The van der Waals surface area contributed by atoms with Crippen LogP contribution in [-0.4, -0.2) is 29.5 Å². The van der Waals surface area contributed by atoms with Crippen LogP contribution in [0.25, 0.3) is 0 Å². The minimum absolute atomic E-state index is 0.257. The number of anilines is 2. The Balaban J connectivity index is 1.58. The van der Waals surface area contributed by atoms with E-state index < -0.39 is 0 Å². The van der Waals surface area contributed by atoms with Crippen molar-refractivity contribution in [1.29, 1.82) is 0 Å². The Morgan fingerprint density at radius 2 is 2.00 bits per heavy atom. The number of benzene rings is 2. The molecule has 0 aliphatic carbocycles. The number of nitrogens with zero attached hydrogens (tertiary/aromatic N) is 2. The highest BCUT2D eigenvalue weighted by molar-refractivity contribution is 6.30. The Hall–Kier alpha value is -3.12. The fourth-order valence-electron chi connectivity index (χ4n) is 2.67. The van der Waals surface area contributed by atoms with Gasteiger partial charge in [-0.3, -0.25) is 4.79 Å². The minimum Gasteiger partial charge on any atom is -0.495 e. The number of aromatic nitrogens is 2. The molecule has 2 aromatic carbocycles. The molecule has 7 heteroatoms. The highest BCUT2D eigenvalue weighted by Gasteiger charge is 2.09. The molecule has 0 fully saturated rings. The van der Waals surface area contributed by atoms with E-state index in [0.717, 1.165) is 16.8 Å². The minimum atomic E-state index is -0.269. The number of nitrogens with one attached hydrogen (secondary N) is 2. The van der Waals surface area contributed by atoms with Crippen LogP contribution in [0.2, 0.25) is 5.02 Å². The molecule has 0 saturated carbocycles. The third-order valence-electron chi connectivity index (χ3n) is 4.09. The van der Waals surface area contributed by atoms with E-state index in [1.54, 1.807) is 7.11 Å². The van der Waals surface area contributed by atoms with Crippen LogP contribution in [0, 0.1) is 6.92 Å². The summed E-state index contributed by atoms with van der Waals surface area (Å²) >= 11 is 5.96. The van der Waals surface area contributed by atoms with Gasteiger partial charge in [-0.2, -0.15) is 0 Å². The van der Waals surface area contributed by atoms with E-state index in [4.69, 9.17) is 16.3 Å². The van der Waals surface area contributed by atoms with E-state index in [1.165, 1.54) is 12.4 Å².